The summed E-state index contributed by atoms with van der Waals surface area (Å²) in [6.45, 7) is 2.08. The molecule has 0 aliphatic rings. The largest absolute Gasteiger partial charge is 0.481 e. The topological polar surface area (TPSA) is 105 Å². The number of methoxy groups -OCH3 is 1. The van der Waals surface area contributed by atoms with Gasteiger partial charge in [-0.15, -0.1) is 0 Å². The average molecular weight is 254 g/mol. The number of nitrogens with one attached hydrogen (secondary N) is 2. The van der Waals surface area contributed by atoms with Crippen molar-refractivity contribution in [3.63, 3.8) is 0 Å². The van der Waals surface area contributed by atoms with Crippen molar-refractivity contribution in [2.75, 3.05) is 26.8 Å². The Bertz CT molecular complexity index is 304. The van der Waals surface area contributed by atoms with Crippen LogP contribution in [-0.2, 0) is 19.7 Å². The number of carbonyl (C=O) groups is 1. The van der Waals surface area contributed by atoms with Gasteiger partial charge in [0.15, 0.2) is 0 Å². The second-order valence-corrected chi connectivity index (χ2v) is 4.90. The van der Waals surface area contributed by atoms with Gasteiger partial charge in [-0.1, -0.05) is 6.92 Å². The lowest BCUT2D eigenvalue weighted by Crippen LogP contribution is -2.39. The van der Waals surface area contributed by atoms with E-state index in [1.165, 1.54) is 14.0 Å². The second-order valence-electron chi connectivity index (χ2n) is 3.31. The van der Waals surface area contributed by atoms with Crippen LogP contribution in [0.4, 0.5) is 0 Å². The van der Waals surface area contributed by atoms with Crippen molar-refractivity contribution in [3.8, 4) is 0 Å². The molecule has 3 N–H and O–H groups in total. The Morgan fingerprint density at radius 3 is 2.44 bits per heavy atom. The van der Waals surface area contributed by atoms with Crippen molar-refractivity contribution in [1.29, 1.82) is 0 Å². The van der Waals surface area contributed by atoms with Crippen molar-refractivity contribution in [3.05, 3.63) is 0 Å². The van der Waals surface area contributed by atoms with E-state index in [-0.39, 0.29) is 26.1 Å². The number of carboxylic acid groups (broad SMARTS) is 1. The van der Waals surface area contributed by atoms with Gasteiger partial charge in [0.2, 0.25) is 0 Å². The van der Waals surface area contributed by atoms with Gasteiger partial charge in [0, 0.05) is 20.2 Å². The quantitative estimate of drug-likeness (QED) is 0.466. The summed E-state index contributed by atoms with van der Waals surface area (Å²) in [5.41, 5.74) is 0. The van der Waals surface area contributed by atoms with E-state index in [1.54, 1.807) is 0 Å². The summed E-state index contributed by atoms with van der Waals surface area (Å²) >= 11 is 0. The maximum atomic E-state index is 11.2. The molecule has 0 radical (unpaired) electrons. The maximum absolute atomic E-state index is 11.2. The molecule has 0 aliphatic carbocycles. The van der Waals surface area contributed by atoms with Crippen LogP contribution in [0.2, 0.25) is 0 Å². The minimum absolute atomic E-state index is 0.0930. The fraction of sp³-hybridized carbons (Fsp3) is 0.875. The lowest BCUT2D eigenvalue weighted by atomic mass is 10.1. The van der Waals surface area contributed by atoms with Crippen molar-refractivity contribution in [1.82, 2.24) is 9.44 Å². The molecule has 0 heterocycles. The van der Waals surface area contributed by atoms with Crippen molar-refractivity contribution in [2.24, 2.45) is 5.92 Å². The molecule has 0 aromatic carbocycles. The molecule has 0 spiro atoms. The number of hydrogen-bond donors (Lipinski definition) is 3. The third-order valence-corrected chi connectivity index (χ3v) is 3.06. The van der Waals surface area contributed by atoms with Crippen LogP contribution >= 0.6 is 0 Å². The number of aliphatic carboxylic acids is 1. The van der Waals surface area contributed by atoms with Crippen LogP contribution in [0.5, 0.6) is 0 Å². The molecular weight excluding hydrogens is 236 g/mol. The summed E-state index contributed by atoms with van der Waals surface area (Å²) in [5.74, 6) is -1.51. The van der Waals surface area contributed by atoms with E-state index in [9.17, 15) is 13.2 Å². The predicted octanol–water partition coefficient (Wildman–Crippen LogP) is -0.832. The average Bonchev–Trinajstić information content (AvgIpc) is 2.17. The van der Waals surface area contributed by atoms with Crippen LogP contribution < -0.4 is 9.44 Å². The molecule has 1 unspecified atom stereocenters. The molecule has 0 bridgehead atoms. The monoisotopic (exact) mass is 254 g/mol. The van der Waals surface area contributed by atoms with Crippen molar-refractivity contribution >= 4 is 16.2 Å². The zero-order valence-corrected chi connectivity index (χ0v) is 10.2. The van der Waals surface area contributed by atoms with Gasteiger partial charge in [-0.25, -0.2) is 4.72 Å². The molecule has 0 aromatic rings. The van der Waals surface area contributed by atoms with Crippen LogP contribution in [0.3, 0.4) is 0 Å². The number of hydrogen-bond acceptors (Lipinski definition) is 4. The highest BCUT2D eigenvalue weighted by molar-refractivity contribution is 7.87. The number of ether oxygens (including phenoxy) is 1. The maximum Gasteiger partial charge on any atom is 0.306 e. The van der Waals surface area contributed by atoms with Gasteiger partial charge in [0.25, 0.3) is 10.2 Å². The molecule has 8 heteroatoms. The zero-order valence-electron chi connectivity index (χ0n) is 9.39. The third-order valence-electron chi connectivity index (χ3n) is 1.89. The van der Waals surface area contributed by atoms with Gasteiger partial charge in [-0.3, -0.25) is 4.79 Å². The molecule has 96 valence electrons. The highest BCUT2D eigenvalue weighted by atomic mass is 32.2. The Labute approximate surface area is 95.4 Å². The first kappa shape index (κ1) is 15.3. The van der Waals surface area contributed by atoms with E-state index in [0.717, 1.165) is 0 Å². The fourth-order valence-electron chi connectivity index (χ4n) is 0.862. The summed E-state index contributed by atoms with van der Waals surface area (Å²) in [6, 6.07) is 0. The van der Waals surface area contributed by atoms with E-state index >= 15 is 0 Å². The van der Waals surface area contributed by atoms with Crippen LogP contribution in [0.1, 0.15) is 13.3 Å². The Kier molecular flexibility index (Phi) is 7.22. The first-order valence-electron chi connectivity index (χ1n) is 4.85. The van der Waals surface area contributed by atoms with Gasteiger partial charge in [0.05, 0.1) is 12.5 Å². The van der Waals surface area contributed by atoms with E-state index in [2.05, 4.69) is 14.2 Å². The normalized spacial score (nSPS) is 13.6. The van der Waals surface area contributed by atoms with Gasteiger partial charge >= 0.3 is 5.97 Å². The van der Waals surface area contributed by atoms with E-state index in [1.807, 2.05) is 0 Å². The lowest BCUT2D eigenvalue weighted by molar-refractivity contribution is -0.141. The molecule has 0 saturated carbocycles. The lowest BCUT2D eigenvalue weighted by Gasteiger charge is -2.09. The van der Waals surface area contributed by atoms with Gasteiger partial charge in [0.1, 0.15) is 0 Å². The Morgan fingerprint density at radius 1 is 1.38 bits per heavy atom. The smallest absolute Gasteiger partial charge is 0.306 e. The first-order chi connectivity index (χ1) is 7.39. The van der Waals surface area contributed by atoms with Gasteiger partial charge in [-0.2, -0.15) is 13.1 Å². The van der Waals surface area contributed by atoms with Crippen molar-refractivity contribution in [2.45, 2.75) is 13.3 Å². The molecule has 7 nitrogen and oxygen atoms in total. The van der Waals surface area contributed by atoms with E-state index in [4.69, 9.17) is 5.11 Å². The number of rotatable bonds is 9. The molecular formula is C8H18N2O5S. The molecule has 0 rings (SSSR count). The van der Waals surface area contributed by atoms with Crippen molar-refractivity contribution < 1.29 is 23.1 Å². The SMILES string of the molecule is COCCNS(=O)(=O)NCCC(C)C(=O)O. The minimum Gasteiger partial charge on any atom is -0.481 e. The van der Waals surface area contributed by atoms with Gasteiger partial charge in [-0.05, 0) is 6.42 Å². The van der Waals surface area contributed by atoms with Gasteiger partial charge < -0.3 is 9.84 Å². The number of carboxylic acids is 1. The Hall–Kier alpha value is -0.700. The molecule has 0 aliphatic heterocycles. The zero-order chi connectivity index (χ0) is 12.6. The minimum atomic E-state index is -3.55. The standard InChI is InChI=1S/C8H18N2O5S/c1-7(8(11)12)3-4-9-16(13,14)10-5-6-15-2/h7,9-10H,3-6H2,1-2H3,(H,11,12). The summed E-state index contributed by atoms with van der Waals surface area (Å²) in [6.07, 6.45) is 0.251. The van der Waals surface area contributed by atoms with Crippen LogP contribution in [0.15, 0.2) is 0 Å². The predicted molar refractivity (Wildman–Crippen MR) is 58.2 cm³/mol. The van der Waals surface area contributed by atoms with Crippen LogP contribution in [0, 0.1) is 5.92 Å². The van der Waals surface area contributed by atoms with E-state index in [0.29, 0.717) is 0 Å². The highest BCUT2D eigenvalue weighted by Crippen LogP contribution is 1.99. The molecule has 0 saturated heterocycles. The molecule has 0 amide bonds. The summed E-state index contributed by atoms with van der Waals surface area (Å²) in [7, 11) is -2.08. The fourth-order valence-corrected chi connectivity index (χ4v) is 1.70. The molecule has 16 heavy (non-hydrogen) atoms. The summed E-state index contributed by atoms with van der Waals surface area (Å²) in [5, 5.41) is 8.58. The molecule has 1 atom stereocenters. The van der Waals surface area contributed by atoms with Crippen LogP contribution in [0.25, 0.3) is 0 Å². The molecule has 0 fully saturated rings. The third kappa shape index (κ3) is 7.57. The van der Waals surface area contributed by atoms with E-state index < -0.39 is 22.1 Å². The Balaban J connectivity index is 3.78. The van der Waals surface area contributed by atoms with Crippen LogP contribution in [-0.4, -0.2) is 46.3 Å². The Morgan fingerprint density at radius 2 is 1.94 bits per heavy atom. The molecule has 0 aromatic heterocycles. The summed E-state index contributed by atoms with van der Waals surface area (Å²) < 4.78 is 31.6. The second kappa shape index (κ2) is 7.55. The summed E-state index contributed by atoms with van der Waals surface area (Å²) in [4.78, 5) is 10.5. The highest BCUT2D eigenvalue weighted by Gasteiger charge is 2.13. The first-order valence-corrected chi connectivity index (χ1v) is 6.33.